The van der Waals surface area contributed by atoms with E-state index in [0.717, 1.165) is 12.1 Å². The van der Waals surface area contributed by atoms with Gasteiger partial charge >= 0.3 is 12.3 Å². The molecule has 0 heterocycles. The van der Waals surface area contributed by atoms with Gasteiger partial charge in [-0.2, -0.15) is 0 Å². The molecular weight excluding hydrogens is 387 g/mol. The van der Waals surface area contributed by atoms with Crippen LogP contribution in [0.3, 0.4) is 0 Å². The molecule has 1 aromatic carbocycles. The number of benzene rings is 1. The number of ether oxygens (including phenoxy) is 2. The second-order valence-corrected chi connectivity index (χ2v) is 7.24. The second-order valence-electron chi connectivity index (χ2n) is 6.23. The van der Waals surface area contributed by atoms with Gasteiger partial charge < -0.3 is 9.47 Å². The molecule has 0 bridgehead atoms. The molecule has 138 valence electrons. The maximum atomic E-state index is 13.4. The van der Waals surface area contributed by atoms with E-state index in [1.807, 2.05) is 13.8 Å². The molecule has 0 aromatic heterocycles. The van der Waals surface area contributed by atoms with Crippen LogP contribution in [0.4, 0.5) is 17.6 Å². The van der Waals surface area contributed by atoms with E-state index in [2.05, 4.69) is 4.74 Å². The van der Waals surface area contributed by atoms with Crippen molar-refractivity contribution in [1.29, 1.82) is 0 Å². The first-order chi connectivity index (χ1) is 11.4. The van der Waals surface area contributed by atoms with Crippen LogP contribution >= 0.6 is 23.2 Å². The van der Waals surface area contributed by atoms with Crippen LogP contribution in [0.2, 0.25) is 0 Å². The number of halogens is 6. The molecule has 1 aliphatic rings. The SMILES string of the molecule is CC1(C)C(C=C(Cl)Cl)C1C(=O)OCc1cc(F)cc(OC(F)(F)F)c1. The average molecular weight is 401 g/mol. The highest BCUT2D eigenvalue weighted by molar-refractivity contribution is 6.55. The molecule has 2 atom stereocenters. The van der Waals surface area contributed by atoms with Crippen molar-refractivity contribution >= 4 is 29.2 Å². The summed E-state index contributed by atoms with van der Waals surface area (Å²) < 4.78 is 58.8. The summed E-state index contributed by atoms with van der Waals surface area (Å²) in [6.45, 7) is 3.27. The van der Waals surface area contributed by atoms with Gasteiger partial charge in [-0.15, -0.1) is 13.2 Å². The smallest absolute Gasteiger partial charge is 0.461 e. The van der Waals surface area contributed by atoms with Crippen LogP contribution in [0.5, 0.6) is 5.75 Å². The summed E-state index contributed by atoms with van der Waals surface area (Å²) in [7, 11) is 0. The highest BCUT2D eigenvalue weighted by Gasteiger charge is 2.61. The summed E-state index contributed by atoms with van der Waals surface area (Å²) in [5, 5.41) is 0. The summed E-state index contributed by atoms with van der Waals surface area (Å²) in [6, 6.07) is 2.50. The third-order valence-electron chi connectivity index (χ3n) is 4.02. The summed E-state index contributed by atoms with van der Waals surface area (Å²) >= 11 is 11.2. The monoisotopic (exact) mass is 400 g/mol. The van der Waals surface area contributed by atoms with Gasteiger partial charge in [-0.25, -0.2) is 4.39 Å². The molecule has 0 radical (unpaired) electrons. The average Bonchev–Trinajstić information content (AvgIpc) is 2.93. The van der Waals surface area contributed by atoms with Gasteiger partial charge in [0.25, 0.3) is 0 Å². The Morgan fingerprint density at radius 1 is 1.28 bits per heavy atom. The minimum atomic E-state index is -4.94. The van der Waals surface area contributed by atoms with Gasteiger partial charge in [-0.1, -0.05) is 37.0 Å². The fourth-order valence-electron chi connectivity index (χ4n) is 2.72. The maximum Gasteiger partial charge on any atom is 0.573 e. The molecule has 25 heavy (non-hydrogen) atoms. The number of hydrogen-bond donors (Lipinski definition) is 0. The van der Waals surface area contributed by atoms with Crippen LogP contribution in [0.15, 0.2) is 28.8 Å². The van der Waals surface area contributed by atoms with Crippen LogP contribution in [-0.4, -0.2) is 12.3 Å². The molecule has 2 unspecified atom stereocenters. The van der Waals surface area contributed by atoms with Crippen LogP contribution in [0.1, 0.15) is 19.4 Å². The summed E-state index contributed by atoms with van der Waals surface area (Å²) in [5.74, 6) is -2.92. The van der Waals surface area contributed by atoms with Gasteiger partial charge in [-0.05, 0) is 35.1 Å². The Kier molecular flexibility index (Phi) is 5.59. The zero-order chi connectivity index (χ0) is 19.0. The molecule has 0 N–H and O–H groups in total. The van der Waals surface area contributed by atoms with E-state index >= 15 is 0 Å². The van der Waals surface area contributed by atoms with Crippen molar-refractivity contribution in [2.75, 3.05) is 0 Å². The predicted molar refractivity (Wildman–Crippen MR) is 83.4 cm³/mol. The lowest BCUT2D eigenvalue weighted by atomic mass is 10.1. The first kappa shape index (κ1) is 19.8. The number of rotatable bonds is 5. The fourth-order valence-corrected chi connectivity index (χ4v) is 2.99. The zero-order valence-electron chi connectivity index (χ0n) is 13.2. The molecule has 0 aliphatic heterocycles. The highest BCUT2D eigenvalue weighted by Crippen LogP contribution is 2.60. The van der Waals surface area contributed by atoms with Crippen molar-refractivity contribution in [1.82, 2.24) is 0 Å². The molecule has 2 rings (SSSR count). The van der Waals surface area contributed by atoms with Crippen molar-refractivity contribution in [3.05, 3.63) is 40.1 Å². The molecule has 3 nitrogen and oxygen atoms in total. The van der Waals surface area contributed by atoms with Crippen LogP contribution < -0.4 is 4.74 Å². The number of esters is 1. The fraction of sp³-hybridized carbons (Fsp3) is 0.438. The van der Waals surface area contributed by atoms with E-state index in [1.165, 1.54) is 6.08 Å². The topological polar surface area (TPSA) is 35.5 Å². The number of alkyl halides is 3. The Balaban J connectivity index is 2.02. The van der Waals surface area contributed by atoms with E-state index in [4.69, 9.17) is 27.9 Å². The van der Waals surface area contributed by atoms with Gasteiger partial charge in [-0.3, -0.25) is 4.79 Å². The Morgan fingerprint density at radius 3 is 2.48 bits per heavy atom. The van der Waals surface area contributed by atoms with Crippen molar-refractivity contribution < 1.29 is 31.8 Å². The molecule has 0 saturated heterocycles. The number of carbonyl (C=O) groups is 1. The largest absolute Gasteiger partial charge is 0.573 e. The van der Waals surface area contributed by atoms with E-state index in [0.29, 0.717) is 6.07 Å². The highest BCUT2D eigenvalue weighted by atomic mass is 35.5. The molecule has 1 fully saturated rings. The Labute approximate surface area is 151 Å². The van der Waals surface area contributed by atoms with Crippen molar-refractivity contribution in [2.45, 2.75) is 26.8 Å². The molecule has 1 aliphatic carbocycles. The van der Waals surface area contributed by atoms with E-state index in [-0.39, 0.29) is 22.6 Å². The third-order valence-corrected chi connectivity index (χ3v) is 4.27. The van der Waals surface area contributed by atoms with Crippen molar-refractivity contribution in [3.63, 3.8) is 0 Å². The maximum absolute atomic E-state index is 13.4. The second kappa shape index (κ2) is 7.03. The van der Waals surface area contributed by atoms with Crippen molar-refractivity contribution in [2.24, 2.45) is 17.3 Å². The molecular formula is C16H14Cl2F4O3. The van der Waals surface area contributed by atoms with Gasteiger partial charge in [0.1, 0.15) is 22.7 Å². The lowest BCUT2D eigenvalue weighted by molar-refractivity contribution is -0.274. The first-order valence-electron chi connectivity index (χ1n) is 7.15. The van der Waals surface area contributed by atoms with E-state index in [1.54, 1.807) is 0 Å². The van der Waals surface area contributed by atoms with Gasteiger partial charge in [0.05, 0.1) is 5.92 Å². The van der Waals surface area contributed by atoms with E-state index < -0.39 is 35.2 Å². The van der Waals surface area contributed by atoms with Gasteiger partial charge in [0, 0.05) is 6.07 Å². The first-order valence-corrected chi connectivity index (χ1v) is 7.90. The number of allylic oxidation sites excluding steroid dienone is 1. The summed E-state index contributed by atoms with van der Waals surface area (Å²) in [6.07, 6.45) is -3.41. The third kappa shape index (κ3) is 5.25. The van der Waals surface area contributed by atoms with Crippen LogP contribution in [0, 0.1) is 23.1 Å². The van der Waals surface area contributed by atoms with Crippen molar-refractivity contribution in [3.8, 4) is 5.75 Å². The Bertz CT molecular complexity index is 697. The predicted octanol–water partition coefficient (Wildman–Crippen LogP) is 5.36. The quantitative estimate of drug-likeness (QED) is 0.493. The Morgan fingerprint density at radius 2 is 1.92 bits per heavy atom. The van der Waals surface area contributed by atoms with E-state index in [9.17, 15) is 22.4 Å². The number of hydrogen-bond acceptors (Lipinski definition) is 3. The normalized spacial score (nSPS) is 21.4. The lowest BCUT2D eigenvalue weighted by Crippen LogP contribution is -2.17. The lowest BCUT2D eigenvalue weighted by Gasteiger charge is -2.11. The van der Waals surface area contributed by atoms with Gasteiger partial charge in [0.2, 0.25) is 0 Å². The zero-order valence-corrected chi connectivity index (χ0v) is 14.7. The van der Waals surface area contributed by atoms with Gasteiger partial charge in [0.15, 0.2) is 0 Å². The van der Waals surface area contributed by atoms with Crippen LogP contribution in [-0.2, 0) is 16.1 Å². The summed E-state index contributed by atoms with van der Waals surface area (Å²) in [5.41, 5.74) is -0.368. The Hall–Kier alpha value is -1.47. The molecule has 0 spiro atoms. The standard InChI is InChI=1S/C16H14Cl2F4O3/c1-15(2)11(6-12(17)18)13(15)14(23)24-7-8-3-9(19)5-10(4-8)25-16(20,21)22/h3-6,11,13H,7H2,1-2H3. The number of carbonyl (C=O) groups excluding carboxylic acids is 1. The minimum absolute atomic E-state index is 0.0347. The molecule has 1 saturated carbocycles. The van der Waals surface area contributed by atoms with Crippen LogP contribution in [0.25, 0.3) is 0 Å². The minimum Gasteiger partial charge on any atom is -0.461 e. The summed E-state index contributed by atoms with van der Waals surface area (Å²) in [4.78, 5) is 12.1. The molecule has 0 amide bonds. The molecule has 1 aromatic rings. The molecule has 9 heteroatoms.